The first-order chi connectivity index (χ1) is 5.70. The van der Waals surface area contributed by atoms with Gasteiger partial charge < -0.3 is 9.57 Å². The van der Waals surface area contributed by atoms with Gasteiger partial charge in [-0.1, -0.05) is 6.08 Å². The van der Waals surface area contributed by atoms with Crippen LogP contribution in [0.4, 0.5) is 0 Å². The molecule has 0 heterocycles. The highest BCUT2D eigenvalue weighted by Crippen LogP contribution is 1.77. The SMILES string of the molecule is CC=CC(=O)NOC(=O)COC. The van der Waals surface area contributed by atoms with Crippen LogP contribution in [-0.4, -0.2) is 25.6 Å². The van der Waals surface area contributed by atoms with Gasteiger partial charge >= 0.3 is 5.97 Å². The van der Waals surface area contributed by atoms with Crippen LogP contribution in [0.5, 0.6) is 0 Å². The van der Waals surface area contributed by atoms with Crippen LogP contribution in [0.15, 0.2) is 12.2 Å². The van der Waals surface area contributed by atoms with E-state index in [0.29, 0.717) is 0 Å². The number of hydrogen-bond acceptors (Lipinski definition) is 4. The maximum Gasteiger partial charge on any atom is 0.357 e. The lowest BCUT2D eigenvalue weighted by molar-refractivity contribution is -0.160. The lowest BCUT2D eigenvalue weighted by Crippen LogP contribution is -2.27. The van der Waals surface area contributed by atoms with Gasteiger partial charge in [-0.15, -0.1) is 0 Å². The minimum absolute atomic E-state index is 0.184. The van der Waals surface area contributed by atoms with Crippen molar-refractivity contribution in [2.75, 3.05) is 13.7 Å². The van der Waals surface area contributed by atoms with Crippen LogP contribution in [0.1, 0.15) is 6.92 Å². The van der Waals surface area contributed by atoms with Gasteiger partial charge in [0.2, 0.25) is 0 Å². The van der Waals surface area contributed by atoms with E-state index in [9.17, 15) is 9.59 Å². The maximum atomic E-state index is 10.6. The summed E-state index contributed by atoms with van der Waals surface area (Å²) in [5.41, 5.74) is 1.91. The van der Waals surface area contributed by atoms with E-state index < -0.39 is 11.9 Å². The van der Waals surface area contributed by atoms with Gasteiger partial charge in [0.15, 0.2) is 0 Å². The number of allylic oxidation sites excluding steroid dienone is 1. The molecule has 0 saturated carbocycles. The molecule has 0 aromatic carbocycles. The van der Waals surface area contributed by atoms with Crippen molar-refractivity contribution >= 4 is 11.9 Å². The highest BCUT2D eigenvalue weighted by molar-refractivity contribution is 5.87. The molecule has 1 N–H and O–H groups in total. The molecule has 0 rings (SSSR count). The zero-order valence-electron chi connectivity index (χ0n) is 6.99. The van der Waals surface area contributed by atoms with Crippen molar-refractivity contribution in [1.82, 2.24) is 5.48 Å². The van der Waals surface area contributed by atoms with Gasteiger partial charge in [-0.3, -0.25) is 4.79 Å². The molecule has 5 nitrogen and oxygen atoms in total. The van der Waals surface area contributed by atoms with E-state index in [-0.39, 0.29) is 6.61 Å². The monoisotopic (exact) mass is 173 g/mol. The Bertz CT molecular complexity index is 188. The molecule has 5 heteroatoms. The van der Waals surface area contributed by atoms with Crippen molar-refractivity contribution in [3.63, 3.8) is 0 Å². The third kappa shape index (κ3) is 5.43. The van der Waals surface area contributed by atoms with Crippen LogP contribution in [0.25, 0.3) is 0 Å². The van der Waals surface area contributed by atoms with Gasteiger partial charge in [0.05, 0.1) is 0 Å². The molecule has 0 aromatic rings. The molecular formula is C7H11NO4. The maximum absolute atomic E-state index is 10.6. The third-order valence-electron chi connectivity index (χ3n) is 0.846. The molecule has 0 aliphatic heterocycles. The minimum Gasteiger partial charge on any atom is -0.373 e. The number of rotatable bonds is 3. The van der Waals surface area contributed by atoms with E-state index in [4.69, 9.17) is 0 Å². The number of carbonyl (C=O) groups excluding carboxylic acids is 2. The summed E-state index contributed by atoms with van der Waals surface area (Å²) >= 11 is 0. The minimum atomic E-state index is -0.643. The molecule has 0 saturated heterocycles. The predicted molar refractivity (Wildman–Crippen MR) is 40.9 cm³/mol. The number of amides is 1. The lowest BCUT2D eigenvalue weighted by Gasteiger charge is -2.01. The number of methoxy groups -OCH3 is 1. The van der Waals surface area contributed by atoms with Crippen LogP contribution in [-0.2, 0) is 19.2 Å². The Morgan fingerprint density at radius 3 is 2.67 bits per heavy atom. The summed E-state index contributed by atoms with van der Waals surface area (Å²) in [5, 5.41) is 0. The molecule has 0 atom stereocenters. The van der Waals surface area contributed by atoms with Crippen LogP contribution in [0.3, 0.4) is 0 Å². The number of carbonyl (C=O) groups is 2. The summed E-state index contributed by atoms with van der Waals surface area (Å²) in [6.07, 6.45) is 2.76. The van der Waals surface area contributed by atoms with E-state index in [0.717, 1.165) is 0 Å². The highest BCUT2D eigenvalue weighted by Gasteiger charge is 2.02. The number of nitrogens with one attached hydrogen (secondary N) is 1. The standard InChI is InChI=1S/C7H11NO4/c1-3-4-6(9)8-12-7(10)5-11-2/h3-4H,5H2,1-2H3,(H,8,9). The quantitative estimate of drug-likeness (QED) is 0.473. The number of hydrogen-bond donors (Lipinski definition) is 1. The summed E-state index contributed by atoms with van der Waals surface area (Å²) in [4.78, 5) is 25.5. The zero-order chi connectivity index (χ0) is 9.40. The van der Waals surface area contributed by atoms with Gasteiger partial charge in [-0.2, -0.15) is 5.48 Å². The van der Waals surface area contributed by atoms with E-state index in [1.54, 1.807) is 6.92 Å². The highest BCUT2D eigenvalue weighted by atomic mass is 16.7. The summed E-state index contributed by atoms with van der Waals surface area (Å²) < 4.78 is 4.45. The first-order valence-corrected chi connectivity index (χ1v) is 3.32. The molecule has 0 radical (unpaired) electrons. The normalized spacial score (nSPS) is 9.83. The number of ether oxygens (including phenoxy) is 1. The Labute approximate surface area is 70.3 Å². The first kappa shape index (κ1) is 10.6. The molecule has 0 unspecified atom stereocenters. The van der Waals surface area contributed by atoms with Crippen LogP contribution in [0.2, 0.25) is 0 Å². The molecule has 0 aliphatic carbocycles. The second-order valence-electron chi connectivity index (χ2n) is 1.87. The van der Waals surface area contributed by atoms with Gasteiger partial charge in [0, 0.05) is 13.2 Å². The lowest BCUT2D eigenvalue weighted by atomic mass is 10.5. The smallest absolute Gasteiger partial charge is 0.357 e. The van der Waals surface area contributed by atoms with Crippen LogP contribution >= 0.6 is 0 Å². The molecule has 0 aliphatic rings. The van der Waals surface area contributed by atoms with Gasteiger partial charge in [-0.25, -0.2) is 4.79 Å². The average molecular weight is 173 g/mol. The largest absolute Gasteiger partial charge is 0.373 e. The second kappa shape index (κ2) is 6.36. The van der Waals surface area contributed by atoms with Crippen molar-refractivity contribution < 1.29 is 19.2 Å². The Morgan fingerprint density at radius 2 is 2.17 bits per heavy atom. The van der Waals surface area contributed by atoms with Gasteiger partial charge in [0.1, 0.15) is 6.61 Å². The zero-order valence-corrected chi connectivity index (χ0v) is 6.99. The molecule has 0 bridgehead atoms. The Hall–Kier alpha value is -1.36. The second-order valence-corrected chi connectivity index (χ2v) is 1.87. The Kier molecular flexibility index (Phi) is 5.64. The van der Waals surface area contributed by atoms with Crippen molar-refractivity contribution in [3.8, 4) is 0 Å². The van der Waals surface area contributed by atoms with E-state index in [2.05, 4.69) is 9.57 Å². The summed E-state index contributed by atoms with van der Waals surface area (Å²) in [7, 11) is 1.36. The fourth-order valence-corrected chi connectivity index (χ4v) is 0.440. The molecule has 0 fully saturated rings. The summed E-state index contributed by atoms with van der Waals surface area (Å²) in [6.45, 7) is 1.49. The third-order valence-corrected chi connectivity index (χ3v) is 0.846. The number of hydroxylamine groups is 1. The Morgan fingerprint density at radius 1 is 1.50 bits per heavy atom. The fourth-order valence-electron chi connectivity index (χ4n) is 0.440. The molecule has 12 heavy (non-hydrogen) atoms. The van der Waals surface area contributed by atoms with E-state index in [1.165, 1.54) is 19.3 Å². The van der Waals surface area contributed by atoms with Crippen LogP contribution in [0, 0.1) is 0 Å². The molecule has 68 valence electrons. The van der Waals surface area contributed by atoms with E-state index >= 15 is 0 Å². The molecule has 1 amide bonds. The summed E-state index contributed by atoms with van der Waals surface area (Å²) in [5.74, 6) is -1.13. The summed E-state index contributed by atoms with van der Waals surface area (Å²) in [6, 6.07) is 0. The Balaban J connectivity index is 3.54. The average Bonchev–Trinajstić information content (AvgIpc) is 2.02. The predicted octanol–water partition coefficient (Wildman–Crippen LogP) is -0.217. The molecule has 0 spiro atoms. The van der Waals surface area contributed by atoms with Crippen molar-refractivity contribution in [2.24, 2.45) is 0 Å². The van der Waals surface area contributed by atoms with Crippen molar-refractivity contribution in [2.45, 2.75) is 6.92 Å². The first-order valence-electron chi connectivity index (χ1n) is 3.32. The van der Waals surface area contributed by atoms with Gasteiger partial charge in [-0.05, 0) is 6.92 Å². The fraction of sp³-hybridized carbons (Fsp3) is 0.429. The van der Waals surface area contributed by atoms with Crippen molar-refractivity contribution in [1.29, 1.82) is 0 Å². The topological polar surface area (TPSA) is 64.6 Å². The molecule has 0 aromatic heterocycles. The van der Waals surface area contributed by atoms with E-state index in [1.807, 2.05) is 5.48 Å². The molecular weight excluding hydrogens is 162 g/mol. The van der Waals surface area contributed by atoms with Gasteiger partial charge in [0.25, 0.3) is 5.91 Å². The van der Waals surface area contributed by atoms with Crippen molar-refractivity contribution in [3.05, 3.63) is 12.2 Å². The van der Waals surface area contributed by atoms with Crippen LogP contribution < -0.4 is 5.48 Å².